The molecule has 3 aliphatic rings. The van der Waals surface area contributed by atoms with Crippen LogP contribution < -0.4 is 0 Å². The van der Waals surface area contributed by atoms with Crippen LogP contribution in [0.5, 0.6) is 0 Å². The van der Waals surface area contributed by atoms with Crippen molar-refractivity contribution < 1.29 is 18.3 Å². The molecule has 0 spiro atoms. The van der Waals surface area contributed by atoms with Crippen LogP contribution in [0.4, 0.5) is 8.78 Å². The maximum absolute atomic E-state index is 15.2. The molecule has 4 rings (SSSR count). The lowest BCUT2D eigenvalue weighted by atomic mass is 9.75. The second-order valence-corrected chi connectivity index (χ2v) is 11.3. The predicted molar refractivity (Wildman–Crippen MR) is 134 cm³/mol. The Morgan fingerprint density at radius 1 is 0.706 bits per heavy atom. The third-order valence-electron chi connectivity index (χ3n) is 8.95. The summed E-state index contributed by atoms with van der Waals surface area (Å²) in [5.41, 5.74) is 0.993. The van der Waals surface area contributed by atoms with Crippen LogP contribution >= 0.6 is 0 Å². The van der Waals surface area contributed by atoms with Crippen LogP contribution in [0.15, 0.2) is 12.1 Å². The number of ether oxygens (including phenoxy) is 2. The number of hydrogen-bond acceptors (Lipinski definition) is 2. The van der Waals surface area contributed by atoms with Crippen molar-refractivity contribution in [2.24, 2.45) is 11.8 Å². The quantitative estimate of drug-likeness (QED) is 0.332. The van der Waals surface area contributed by atoms with Crippen molar-refractivity contribution in [3.8, 4) is 0 Å². The minimum absolute atomic E-state index is 0.0400. The Hall–Kier alpha value is -1.00. The van der Waals surface area contributed by atoms with Crippen molar-refractivity contribution in [1.29, 1.82) is 0 Å². The molecule has 4 heteroatoms. The van der Waals surface area contributed by atoms with Gasteiger partial charge >= 0.3 is 0 Å². The lowest BCUT2D eigenvalue weighted by Gasteiger charge is -2.38. The topological polar surface area (TPSA) is 18.5 Å². The van der Waals surface area contributed by atoms with Crippen molar-refractivity contribution in [3.05, 3.63) is 34.9 Å². The Morgan fingerprint density at radius 2 is 1.35 bits per heavy atom. The van der Waals surface area contributed by atoms with E-state index in [4.69, 9.17) is 9.47 Å². The molecule has 2 nitrogen and oxygen atoms in total. The van der Waals surface area contributed by atoms with E-state index in [-0.39, 0.29) is 17.9 Å². The molecule has 4 atom stereocenters. The van der Waals surface area contributed by atoms with Crippen LogP contribution in [0.2, 0.25) is 0 Å². The smallest absolute Gasteiger partial charge is 0.162 e. The Balaban J connectivity index is 1.28. The zero-order valence-electron chi connectivity index (χ0n) is 21.5. The Kier molecular flexibility index (Phi) is 9.82. The highest BCUT2D eigenvalue weighted by Gasteiger charge is 2.34. The van der Waals surface area contributed by atoms with Crippen LogP contribution in [0, 0.1) is 23.5 Å². The Labute approximate surface area is 206 Å². The van der Waals surface area contributed by atoms with Gasteiger partial charge in [0.15, 0.2) is 11.6 Å². The first kappa shape index (κ1) is 26.1. The van der Waals surface area contributed by atoms with Crippen LogP contribution in [-0.2, 0) is 9.47 Å². The van der Waals surface area contributed by atoms with E-state index in [2.05, 4.69) is 13.8 Å². The standard InChI is InChI=1S/C30H46F2O2/c1-3-5-6-8-25-15-13-23(19-33-25)26-16-17-27(30(32)29(26)31)24-14-18-28(34-20-24)22-11-9-21(7-4-2)10-12-22/h16-17,21-25,28H,3-15,18-20H2,1-2H3. The predicted octanol–water partition coefficient (Wildman–Crippen LogP) is 8.68. The number of hydrogen-bond donors (Lipinski definition) is 0. The molecule has 1 aromatic carbocycles. The third kappa shape index (κ3) is 6.40. The van der Waals surface area contributed by atoms with E-state index in [0.29, 0.717) is 36.4 Å². The summed E-state index contributed by atoms with van der Waals surface area (Å²) in [4.78, 5) is 0. The molecular formula is C30H46F2O2. The van der Waals surface area contributed by atoms with E-state index >= 15 is 8.78 Å². The normalized spacial score (nSPS) is 32.6. The first-order valence-corrected chi connectivity index (χ1v) is 14.3. The number of rotatable bonds is 9. The molecule has 0 amide bonds. The van der Waals surface area contributed by atoms with Gasteiger partial charge in [0, 0.05) is 11.8 Å². The van der Waals surface area contributed by atoms with Gasteiger partial charge in [0.1, 0.15) is 0 Å². The highest BCUT2D eigenvalue weighted by Crippen LogP contribution is 2.40. The van der Waals surface area contributed by atoms with Gasteiger partial charge in [-0.25, -0.2) is 8.78 Å². The van der Waals surface area contributed by atoms with Crippen molar-refractivity contribution in [2.45, 2.75) is 128 Å². The molecule has 4 unspecified atom stereocenters. The summed E-state index contributed by atoms with van der Waals surface area (Å²) in [7, 11) is 0. The minimum Gasteiger partial charge on any atom is -0.378 e. The number of benzene rings is 1. The van der Waals surface area contributed by atoms with Gasteiger partial charge < -0.3 is 9.47 Å². The molecule has 1 aromatic rings. The molecule has 0 radical (unpaired) electrons. The lowest BCUT2D eigenvalue weighted by Crippen LogP contribution is -2.34. The van der Waals surface area contributed by atoms with Crippen molar-refractivity contribution in [2.75, 3.05) is 13.2 Å². The fourth-order valence-corrected chi connectivity index (χ4v) is 6.76. The average Bonchev–Trinajstić information content (AvgIpc) is 2.87. The first-order chi connectivity index (χ1) is 16.6. The monoisotopic (exact) mass is 476 g/mol. The average molecular weight is 477 g/mol. The fourth-order valence-electron chi connectivity index (χ4n) is 6.76. The van der Waals surface area contributed by atoms with Gasteiger partial charge in [0.2, 0.25) is 0 Å². The van der Waals surface area contributed by atoms with Gasteiger partial charge in [-0.3, -0.25) is 0 Å². The van der Waals surface area contributed by atoms with E-state index in [0.717, 1.165) is 38.0 Å². The van der Waals surface area contributed by atoms with Gasteiger partial charge in [0.25, 0.3) is 0 Å². The van der Waals surface area contributed by atoms with Crippen LogP contribution in [-0.4, -0.2) is 25.4 Å². The molecule has 0 bridgehead atoms. The largest absolute Gasteiger partial charge is 0.378 e. The van der Waals surface area contributed by atoms with Gasteiger partial charge in [0.05, 0.1) is 25.4 Å². The summed E-state index contributed by atoms with van der Waals surface area (Å²) in [5, 5.41) is 0. The SMILES string of the molecule is CCCCCC1CCC(c2ccc(C3CCC(C4CCC(CCC)CC4)OC3)c(F)c2F)CO1. The second-order valence-electron chi connectivity index (χ2n) is 11.3. The van der Waals surface area contributed by atoms with Gasteiger partial charge in [-0.2, -0.15) is 0 Å². The highest BCUT2D eigenvalue weighted by atomic mass is 19.2. The van der Waals surface area contributed by atoms with Crippen molar-refractivity contribution in [1.82, 2.24) is 0 Å². The summed E-state index contributed by atoms with van der Waals surface area (Å²) in [6.45, 7) is 5.50. The molecule has 1 aliphatic carbocycles. The van der Waals surface area contributed by atoms with Gasteiger partial charge in [-0.05, 0) is 67.9 Å². The summed E-state index contributed by atoms with van der Waals surface area (Å²) in [6, 6.07) is 3.64. The molecule has 0 N–H and O–H groups in total. The van der Waals surface area contributed by atoms with Crippen molar-refractivity contribution in [3.63, 3.8) is 0 Å². The van der Waals surface area contributed by atoms with Crippen LogP contribution in [0.3, 0.4) is 0 Å². The van der Waals surface area contributed by atoms with Gasteiger partial charge in [-0.15, -0.1) is 0 Å². The fraction of sp³-hybridized carbons (Fsp3) is 0.800. The zero-order chi connectivity index (χ0) is 23.9. The highest BCUT2D eigenvalue weighted by molar-refractivity contribution is 5.32. The van der Waals surface area contributed by atoms with E-state index < -0.39 is 11.6 Å². The first-order valence-electron chi connectivity index (χ1n) is 14.3. The van der Waals surface area contributed by atoms with Crippen LogP contribution in [0.1, 0.15) is 127 Å². The molecule has 0 aromatic heterocycles. The molecule has 34 heavy (non-hydrogen) atoms. The van der Waals surface area contributed by atoms with E-state index in [1.807, 2.05) is 12.1 Å². The third-order valence-corrected chi connectivity index (χ3v) is 8.95. The molecular weight excluding hydrogens is 430 g/mol. The zero-order valence-corrected chi connectivity index (χ0v) is 21.5. The van der Waals surface area contributed by atoms with Gasteiger partial charge in [-0.1, -0.05) is 70.9 Å². The van der Waals surface area contributed by atoms with E-state index in [1.165, 1.54) is 57.8 Å². The summed E-state index contributed by atoms with van der Waals surface area (Å²) < 4.78 is 42.6. The summed E-state index contributed by atoms with van der Waals surface area (Å²) >= 11 is 0. The summed E-state index contributed by atoms with van der Waals surface area (Å²) in [6.07, 6.45) is 16.8. The number of unbranched alkanes of at least 4 members (excludes halogenated alkanes) is 2. The number of halogens is 2. The van der Waals surface area contributed by atoms with E-state index in [1.54, 1.807) is 0 Å². The molecule has 192 valence electrons. The van der Waals surface area contributed by atoms with Crippen LogP contribution in [0.25, 0.3) is 0 Å². The molecule has 1 saturated carbocycles. The lowest BCUT2D eigenvalue weighted by molar-refractivity contribution is -0.0440. The molecule has 2 aliphatic heterocycles. The maximum Gasteiger partial charge on any atom is 0.162 e. The Bertz CT molecular complexity index is 742. The van der Waals surface area contributed by atoms with E-state index in [9.17, 15) is 0 Å². The molecule has 2 saturated heterocycles. The van der Waals surface area contributed by atoms with Crippen molar-refractivity contribution >= 4 is 0 Å². The minimum atomic E-state index is -0.660. The Morgan fingerprint density at radius 3 is 1.88 bits per heavy atom. The summed E-state index contributed by atoms with van der Waals surface area (Å²) in [5.74, 6) is 0.147. The molecule has 2 heterocycles. The maximum atomic E-state index is 15.2. The molecule has 3 fully saturated rings. The second kappa shape index (κ2) is 12.8.